The van der Waals surface area contributed by atoms with E-state index in [0.717, 1.165) is 0 Å². The maximum Gasteiger partial charge on any atom is 0.269 e. The van der Waals surface area contributed by atoms with Crippen molar-refractivity contribution in [1.82, 2.24) is 5.43 Å². The molecule has 6 heteroatoms. The van der Waals surface area contributed by atoms with Crippen molar-refractivity contribution in [1.29, 1.82) is 0 Å². The molecular weight excluding hydrogens is 210 g/mol. The molecule has 1 amide bonds. The Morgan fingerprint density at radius 2 is 2.19 bits per heavy atom. The van der Waals surface area contributed by atoms with Crippen LogP contribution >= 0.6 is 0 Å². The highest BCUT2D eigenvalue weighted by atomic mass is 16.6. The maximum atomic E-state index is 11.6. The fourth-order valence-corrected chi connectivity index (χ4v) is 1.83. The molecule has 1 aromatic rings. The van der Waals surface area contributed by atoms with E-state index in [-0.39, 0.29) is 11.6 Å². The minimum atomic E-state index is -0.652. The van der Waals surface area contributed by atoms with Gasteiger partial charge in [0.25, 0.3) is 5.69 Å². The number of amides is 1. The standard InChI is InChI=1S/C10H11N3O3/c11-12-9(14)10(4-5-10)7-2-1-3-8(6-7)13(15)16/h1-3,6H,4-5,11H2,(H,12,14). The number of nitro benzene ring substituents is 1. The third-order valence-corrected chi connectivity index (χ3v) is 2.93. The summed E-state index contributed by atoms with van der Waals surface area (Å²) in [4.78, 5) is 21.7. The molecule has 0 unspecified atom stereocenters. The third-order valence-electron chi connectivity index (χ3n) is 2.93. The first kappa shape index (κ1) is 10.6. The summed E-state index contributed by atoms with van der Waals surface area (Å²) < 4.78 is 0. The second-order valence-electron chi connectivity index (χ2n) is 3.86. The van der Waals surface area contributed by atoms with Gasteiger partial charge in [-0.1, -0.05) is 12.1 Å². The van der Waals surface area contributed by atoms with Gasteiger partial charge in [-0.25, -0.2) is 5.84 Å². The molecule has 3 N–H and O–H groups in total. The lowest BCUT2D eigenvalue weighted by Crippen LogP contribution is -2.39. The van der Waals surface area contributed by atoms with Crippen LogP contribution in [0.25, 0.3) is 0 Å². The highest BCUT2D eigenvalue weighted by Gasteiger charge is 2.51. The van der Waals surface area contributed by atoms with Crippen molar-refractivity contribution < 1.29 is 9.72 Å². The summed E-state index contributed by atoms with van der Waals surface area (Å²) in [7, 11) is 0. The smallest absolute Gasteiger partial charge is 0.269 e. The first-order valence-electron chi connectivity index (χ1n) is 4.86. The zero-order chi connectivity index (χ0) is 11.8. The highest BCUT2D eigenvalue weighted by Crippen LogP contribution is 2.48. The second kappa shape index (κ2) is 3.57. The number of rotatable bonds is 3. The van der Waals surface area contributed by atoms with Crippen molar-refractivity contribution in [2.24, 2.45) is 5.84 Å². The van der Waals surface area contributed by atoms with Crippen LogP contribution in [0.1, 0.15) is 18.4 Å². The van der Waals surface area contributed by atoms with E-state index in [9.17, 15) is 14.9 Å². The molecule has 0 radical (unpaired) electrons. The SMILES string of the molecule is NNC(=O)C1(c2cccc([N+](=O)[O-])c2)CC1. The van der Waals surface area contributed by atoms with Crippen molar-refractivity contribution in [2.75, 3.05) is 0 Å². The molecule has 1 fully saturated rings. The fourth-order valence-electron chi connectivity index (χ4n) is 1.83. The van der Waals surface area contributed by atoms with Gasteiger partial charge in [0.1, 0.15) is 0 Å². The lowest BCUT2D eigenvalue weighted by Gasteiger charge is -2.12. The number of benzene rings is 1. The monoisotopic (exact) mass is 221 g/mol. The molecule has 0 atom stereocenters. The Bertz CT molecular complexity index is 454. The minimum Gasteiger partial charge on any atom is -0.293 e. The number of non-ortho nitro benzene ring substituents is 1. The van der Waals surface area contributed by atoms with Gasteiger partial charge in [-0.15, -0.1) is 0 Å². The van der Waals surface area contributed by atoms with Gasteiger partial charge in [-0.2, -0.15) is 0 Å². The van der Waals surface area contributed by atoms with E-state index in [1.54, 1.807) is 12.1 Å². The molecule has 1 aliphatic rings. The highest BCUT2D eigenvalue weighted by molar-refractivity contribution is 5.91. The first-order chi connectivity index (χ1) is 7.60. The quantitative estimate of drug-likeness (QED) is 0.338. The fraction of sp³-hybridized carbons (Fsp3) is 0.300. The van der Waals surface area contributed by atoms with Gasteiger partial charge in [-0.05, 0) is 18.4 Å². The number of nitro groups is 1. The Hall–Kier alpha value is -1.95. The van der Waals surface area contributed by atoms with Crippen LogP contribution in [0.4, 0.5) is 5.69 Å². The molecule has 6 nitrogen and oxygen atoms in total. The van der Waals surface area contributed by atoms with Crippen LogP contribution in [0, 0.1) is 10.1 Å². The summed E-state index contributed by atoms with van der Waals surface area (Å²) in [6.07, 6.45) is 1.36. The third kappa shape index (κ3) is 1.53. The van der Waals surface area contributed by atoms with Crippen LogP contribution < -0.4 is 11.3 Å². The van der Waals surface area contributed by atoms with E-state index in [0.29, 0.717) is 18.4 Å². The molecule has 0 heterocycles. The van der Waals surface area contributed by atoms with Crippen molar-refractivity contribution >= 4 is 11.6 Å². The van der Waals surface area contributed by atoms with E-state index >= 15 is 0 Å². The van der Waals surface area contributed by atoms with Crippen LogP contribution in [-0.4, -0.2) is 10.8 Å². The van der Waals surface area contributed by atoms with E-state index in [1.807, 2.05) is 0 Å². The van der Waals surface area contributed by atoms with E-state index < -0.39 is 10.3 Å². The number of nitrogens with zero attached hydrogens (tertiary/aromatic N) is 1. The molecule has 1 saturated carbocycles. The molecule has 84 valence electrons. The van der Waals surface area contributed by atoms with Crippen LogP contribution in [0.5, 0.6) is 0 Å². The molecule has 2 rings (SSSR count). The van der Waals surface area contributed by atoms with Gasteiger partial charge < -0.3 is 0 Å². The van der Waals surface area contributed by atoms with Crippen molar-refractivity contribution in [3.8, 4) is 0 Å². The minimum absolute atomic E-state index is 0.00593. The molecule has 16 heavy (non-hydrogen) atoms. The van der Waals surface area contributed by atoms with Gasteiger partial charge in [0.15, 0.2) is 0 Å². The Balaban J connectivity index is 2.38. The number of nitrogens with one attached hydrogen (secondary N) is 1. The number of nitrogens with two attached hydrogens (primary N) is 1. The van der Waals surface area contributed by atoms with E-state index in [2.05, 4.69) is 5.43 Å². The van der Waals surface area contributed by atoms with Crippen LogP contribution in [0.3, 0.4) is 0 Å². The lowest BCUT2D eigenvalue weighted by atomic mass is 9.95. The maximum absolute atomic E-state index is 11.6. The predicted octanol–water partition coefficient (Wildman–Crippen LogP) is 0.616. The summed E-state index contributed by atoms with van der Waals surface area (Å²) in [6, 6.07) is 6.13. The predicted molar refractivity (Wildman–Crippen MR) is 56.3 cm³/mol. The van der Waals surface area contributed by atoms with Crippen molar-refractivity contribution in [2.45, 2.75) is 18.3 Å². The van der Waals surface area contributed by atoms with Gasteiger partial charge >= 0.3 is 0 Å². The van der Waals surface area contributed by atoms with E-state index in [4.69, 9.17) is 5.84 Å². The van der Waals surface area contributed by atoms with Crippen LogP contribution in [0.2, 0.25) is 0 Å². The normalized spacial score (nSPS) is 16.6. The molecule has 1 aliphatic carbocycles. The number of hydrogen-bond acceptors (Lipinski definition) is 4. The molecular formula is C10H11N3O3. The Kier molecular flexibility index (Phi) is 2.35. The lowest BCUT2D eigenvalue weighted by molar-refractivity contribution is -0.384. The average Bonchev–Trinajstić information content (AvgIpc) is 3.09. The second-order valence-corrected chi connectivity index (χ2v) is 3.86. The number of carbonyl (C=O) groups excluding carboxylic acids is 1. The molecule has 1 aromatic carbocycles. The van der Waals surface area contributed by atoms with Gasteiger partial charge in [0.2, 0.25) is 5.91 Å². The van der Waals surface area contributed by atoms with Crippen molar-refractivity contribution in [3.63, 3.8) is 0 Å². The van der Waals surface area contributed by atoms with Crippen LogP contribution in [-0.2, 0) is 10.2 Å². The Morgan fingerprint density at radius 3 is 2.69 bits per heavy atom. The summed E-state index contributed by atoms with van der Waals surface area (Å²) in [6.45, 7) is 0. The molecule has 0 saturated heterocycles. The Labute approximate surface area is 91.6 Å². The average molecular weight is 221 g/mol. The molecule has 0 spiro atoms. The van der Waals surface area contributed by atoms with Crippen molar-refractivity contribution in [3.05, 3.63) is 39.9 Å². The largest absolute Gasteiger partial charge is 0.293 e. The van der Waals surface area contributed by atoms with Gasteiger partial charge in [0, 0.05) is 12.1 Å². The zero-order valence-corrected chi connectivity index (χ0v) is 8.47. The zero-order valence-electron chi connectivity index (χ0n) is 8.47. The summed E-state index contributed by atoms with van der Waals surface area (Å²) >= 11 is 0. The Morgan fingerprint density at radius 1 is 1.50 bits per heavy atom. The number of hydrogen-bond donors (Lipinski definition) is 2. The number of hydrazine groups is 1. The topological polar surface area (TPSA) is 98.3 Å². The summed E-state index contributed by atoms with van der Waals surface area (Å²) in [5.74, 6) is 4.82. The molecule has 0 bridgehead atoms. The van der Waals surface area contributed by atoms with Crippen LogP contribution in [0.15, 0.2) is 24.3 Å². The van der Waals surface area contributed by atoms with Gasteiger partial charge in [0.05, 0.1) is 10.3 Å². The summed E-state index contributed by atoms with van der Waals surface area (Å²) in [5, 5.41) is 10.6. The molecule has 0 aromatic heterocycles. The summed E-state index contributed by atoms with van der Waals surface area (Å²) in [5.41, 5.74) is 2.11. The van der Waals surface area contributed by atoms with Gasteiger partial charge in [-0.3, -0.25) is 20.3 Å². The number of carbonyl (C=O) groups is 1. The first-order valence-corrected chi connectivity index (χ1v) is 4.86. The van der Waals surface area contributed by atoms with E-state index in [1.165, 1.54) is 12.1 Å². The molecule has 0 aliphatic heterocycles.